The van der Waals surface area contributed by atoms with Crippen molar-refractivity contribution in [3.63, 3.8) is 0 Å². The predicted octanol–water partition coefficient (Wildman–Crippen LogP) is 2.98. The second-order valence-electron chi connectivity index (χ2n) is 2.05. The molecule has 0 aromatic heterocycles. The van der Waals surface area contributed by atoms with E-state index in [9.17, 15) is 4.79 Å². The Kier molecular flexibility index (Phi) is 2.97. The van der Waals surface area contributed by atoms with E-state index in [-0.39, 0.29) is 5.12 Å². The molecular formula is C8H7ClOS. The number of hydrogen-bond donors (Lipinski definition) is 0. The molecular weight excluding hydrogens is 180 g/mol. The smallest absolute Gasteiger partial charge is 0.190 e. The predicted molar refractivity (Wildman–Crippen MR) is 48.0 cm³/mol. The van der Waals surface area contributed by atoms with Gasteiger partial charge in [0.2, 0.25) is 0 Å². The van der Waals surface area contributed by atoms with Gasteiger partial charge >= 0.3 is 0 Å². The number of benzene rings is 1. The highest BCUT2D eigenvalue weighted by atomic mass is 35.5. The number of rotatable bonds is 1. The van der Waals surface area contributed by atoms with Crippen LogP contribution in [0.4, 0.5) is 0 Å². The van der Waals surface area contributed by atoms with Crippen LogP contribution >= 0.6 is 23.4 Å². The van der Waals surface area contributed by atoms with Gasteiger partial charge in [0.15, 0.2) is 5.12 Å². The van der Waals surface area contributed by atoms with Gasteiger partial charge in [-0.3, -0.25) is 4.79 Å². The molecule has 0 bridgehead atoms. The van der Waals surface area contributed by atoms with E-state index in [1.54, 1.807) is 19.1 Å². The van der Waals surface area contributed by atoms with Gasteiger partial charge in [0, 0.05) is 16.8 Å². The first-order valence-electron chi connectivity index (χ1n) is 3.12. The molecule has 0 aliphatic rings. The maximum absolute atomic E-state index is 10.6. The van der Waals surface area contributed by atoms with Crippen LogP contribution in [-0.4, -0.2) is 5.12 Å². The lowest BCUT2D eigenvalue weighted by molar-refractivity contribution is -0.109. The maximum atomic E-state index is 10.6. The van der Waals surface area contributed by atoms with Gasteiger partial charge in [-0.1, -0.05) is 23.4 Å². The van der Waals surface area contributed by atoms with E-state index in [1.165, 1.54) is 11.8 Å². The lowest BCUT2D eigenvalue weighted by Crippen LogP contribution is -1.79. The molecule has 0 aliphatic carbocycles. The average Bonchev–Trinajstić information content (AvgIpc) is 1.93. The molecule has 0 spiro atoms. The Morgan fingerprint density at radius 1 is 1.36 bits per heavy atom. The molecule has 0 N–H and O–H groups in total. The van der Waals surface area contributed by atoms with Gasteiger partial charge in [-0.2, -0.15) is 0 Å². The second kappa shape index (κ2) is 3.79. The number of hydrogen-bond acceptors (Lipinski definition) is 2. The van der Waals surface area contributed by atoms with Crippen molar-refractivity contribution in [2.45, 2.75) is 11.8 Å². The highest BCUT2D eigenvalue weighted by molar-refractivity contribution is 8.13. The summed E-state index contributed by atoms with van der Waals surface area (Å²) in [5, 5.41) is 0.783. The molecule has 0 unspecified atom stereocenters. The average molecular weight is 187 g/mol. The molecule has 1 nitrogen and oxygen atoms in total. The number of thioether (sulfide) groups is 1. The van der Waals surface area contributed by atoms with E-state index < -0.39 is 0 Å². The van der Waals surface area contributed by atoms with E-state index in [1.807, 2.05) is 12.1 Å². The lowest BCUT2D eigenvalue weighted by Gasteiger charge is -1.95. The van der Waals surface area contributed by atoms with Crippen molar-refractivity contribution in [2.75, 3.05) is 0 Å². The minimum absolute atomic E-state index is 0.0901. The summed E-state index contributed by atoms with van der Waals surface area (Å²) in [6.45, 7) is 1.54. The summed E-state index contributed by atoms with van der Waals surface area (Å²) in [4.78, 5) is 11.6. The Balaban J connectivity index is 2.74. The molecule has 0 atom stereocenters. The zero-order chi connectivity index (χ0) is 8.27. The Hall–Kier alpha value is -0.470. The first-order chi connectivity index (χ1) is 5.18. The van der Waals surface area contributed by atoms with Crippen LogP contribution in [0.25, 0.3) is 0 Å². The normalized spacial score (nSPS) is 9.64. The molecule has 0 amide bonds. The zero-order valence-corrected chi connectivity index (χ0v) is 7.58. The van der Waals surface area contributed by atoms with Gasteiger partial charge in [0.25, 0.3) is 0 Å². The van der Waals surface area contributed by atoms with Crippen molar-refractivity contribution in [3.05, 3.63) is 29.3 Å². The van der Waals surface area contributed by atoms with Crippen LogP contribution in [-0.2, 0) is 4.79 Å². The fourth-order valence-corrected chi connectivity index (χ4v) is 1.40. The SMILES string of the molecule is CC(=O)Sc1ccc(Cl)cc1. The van der Waals surface area contributed by atoms with Crippen molar-refractivity contribution in [1.29, 1.82) is 0 Å². The van der Waals surface area contributed by atoms with Crippen LogP contribution in [0.5, 0.6) is 0 Å². The number of carbonyl (C=O) groups is 1. The summed E-state index contributed by atoms with van der Waals surface area (Å²) in [6.07, 6.45) is 0. The van der Waals surface area contributed by atoms with Gasteiger partial charge in [-0.25, -0.2) is 0 Å². The molecule has 0 heterocycles. The van der Waals surface area contributed by atoms with Gasteiger partial charge in [0.1, 0.15) is 0 Å². The molecule has 1 aromatic rings. The molecule has 3 heteroatoms. The molecule has 0 aliphatic heterocycles. The Labute approximate surface area is 74.7 Å². The molecule has 58 valence electrons. The van der Waals surface area contributed by atoms with Crippen LogP contribution in [0.3, 0.4) is 0 Å². The summed E-state index contributed by atoms with van der Waals surface area (Å²) >= 11 is 6.86. The molecule has 0 fully saturated rings. The summed E-state index contributed by atoms with van der Waals surface area (Å²) in [5.74, 6) is 0. The highest BCUT2D eigenvalue weighted by Crippen LogP contribution is 2.20. The molecule has 0 saturated heterocycles. The van der Waals surface area contributed by atoms with Crippen molar-refractivity contribution in [3.8, 4) is 0 Å². The monoisotopic (exact) mass is 186 g/mol. The van der Waals surface area contributed by atoms with Crippen molar-refractivity contribution >= 4 is 28.5 Å². The molecule has 11 heavy (non-hydrogen) atoms. The Morgan fingerprint density at radius 2 is 1.91 bits per heavy atom. The molecule has 0 radical (unpaired) electrons. The fraction of sp³-hybridized carbons (Fsp3) is 0.125. The van der Waals surface area contributed by atoms with Gasteiger partial charge < -0.3 is 0 Å². The van der Waals surface area contributed by atoms with Crippen molar-refractivity contribution in [1.82, 2.24) is 0 Å². The van der Waals surface area contributed by atoms with E-state index >= 15 is 0 Å². The van der Waals surface area contributed by atoms with Crippen LogP contribution in [0.1, 0.15) is 6.92 Å². The summed E-state index contributed by atoms with van der Waals surface area (Å²) in [7, 11) is 0. The summed E-state index contributed by atoms with van der Waals surface area (Å²) < 4.78 is 0. The third-order valence-electron chi connectivity index (χ3n) is 1.08. The third-order valence-corrected chi connectivity index (χ3v) is 2.12. The first-order valence-corrected chi connectivity index (χ1v) is 4.32. The first kappa shape index (κ1) is 8.62. The highest BCUT2D eigenvalue weighted by Gasteiger charge is 1.96. The third kappa shape index (κ3) is 2.95. The Bertz CT molecular complexity index is 255. The van der Waals surface area contributed by atoms with E-state index in [0.29, 0.717) is 5.02 Å². The molecule has 1 aromatic carbocycles. The fourth-order valence-electron chi connectivity index (χ4n) is 0.669. The van der Waals surface area contributed by atoms with Gasteiger partial charge in [-0.05, 0) is 24.3 Å². The van der Waals surface area contributed by atoms with E-state index in [2.05, 4.69) is 0 Å². The summed E-state index contributed by atoms with van der Waals surface area (Å²) in [6, 6.07) is 7.20. The second-order valence-corrected chi connectivity index (χ2v) is 3.73. The van der Waals surface area contributed by atoms with Crippen molar-refractivity contribution < 1.29 is 4.79 Å². The zero-order valence-electron chi connectivity index (χ0n) is 6.00. The van der Waals surface area contributed by atoms with Crippen LogP contribution in [0.2, 0.25) is 5.02 Å². The van der Waals surface area contributed by atoms with E-state index in [0.717, 1.165) is 4.90 Å². The molecule has 1 rings (SSSR count). The number of halogens is 1. The Morgan fingerprint density at radius 3 is 2.36 bits per heavy atom. The lowest BCUT2D eigenvalue weighted by atomic mass is 10.4. The standard InChI is InChI=1S/C8H7ClOS/c1-6(10)11-8-4-2-7(9)3-5-8/h2-5H,1H3. The van der Waals surface area contributed by atoms with Crippen LogP contribution < -0.4 is 0 Å². The largest absolute Gasteiger partial charge is 0.287 e. The minimum Gasteiger partial charge on any atom is -0.287 e. The van der Waals surface area contributed by atoms with Gasteiger partial charge in [0.05, 0.1) is 0 Å². The molecule has 0 saturated carbocycles. The quantitative estimate of drug-likeness (QED) is 0.628. The van der Waals surface area contributed by atoms with E-state index in [4.69, 9.17) is 11.6 Å². The van der Waals surface area contributed by atoms with Crippen LogP contribution in [0, 0.1) is 0 Å². The minimum atomic E-state index is 0.0901. The van der Waals surface area contributed by atoms with Gasteiger partial charge in [-0.15, -0.1) is 0 Å². The van der Waals surface area contributed by atoms with Crippen LogP contribution in [0.15, 0.2) is 29.2 Å². The summed E-state index contributed by atoms with van der Waals surface area (Å²) in [5.41, 5.74) is 0. The van der Waals surface area contributed by atoms with Crippen molar-refractivity contribution in [2.24, 2.45) is 0 Å². The number of carbonyl (C=O) groups excluding carboxylic acids is 1. The maximum Gasteiger partial charge on any atom is 0.190 e. The topological polar surface area (TPSA) is 17.1 Å².